The molecule has 0 spiro atoms. The number of aromatic nitrogens is 1. The molecule has 0 aliphatic carbocycles. The van der Waals surface area contributed by atoms with Gasteiger partial charge in [0.25, 0.3) is 11.3 Å². The molecule has 162 valence electrons. The zero-order valence-electron chi connectivity index (χ0n) is 16.4. The predicted molar refractivity (Wildman–Crippen MR) is 112 cm³/mol. The van der Waals surface area contributed by atoms with Crippen LogP contribution in [0.1, 0.15) is 27.7 Å². The number of hydrogen-bond acceptors (Lipinski definition) is 7. The number of ether oxygens (including phenoxy) is 1. The summed E-state index contributed by atoms with van der Waals surface area (Å²) >= 11 is 5.61. The third-order valence-electron chi connectivity index (χ3n) is 4.33. The van der Waals surface area contributed by atoms with E-state index in [-0.39, 0.29) is 29.0 Å². The molecule has 0 aliphatic heterocycles. The summed E-state index contributed by atoms with van der Waals surface area (Å²) in [5, 5.41) is 2.58. The molecule has 0 saturated heterocycles. The Morgan fingerprint density at radius 1 is 1.13 bits per heavy atom. The summed E-state index contributed by atoms with van der Waals surface area (Å²) in [6.45, 7) is -0.110. The van der Waals surface area contributed by atoms with Crippen molar-refractivity contribution < 1.29 is 27.2 Å². The number of halogens is 1. The largest absolute Gasteiger partial charge is 0.463 e. The van der Waals surface area contributed by atoms with Crippen molar-refractivity contribution in [1.82, 2.24) is 10.3 Å². The lowest BCUT2D eigenvalue weighted by Gasteiger charge is -2.18. The van der Waals surface area contributed by atoms with Gasteiger partial charge in [-0.25, -0.2) is 8.42 Å². The van der Waals surface area contributed by atoms with Crippen LogP contribution in [0.2, 0.25) is 5.35 Å². The van der Waals surface area contributed by atoms with E-state index in [9.17, 15) is 18.0 Å². The Bertz CT molecular complexity index is 1160. The van der Waals surface area contributed by atoms with Gasteiger partial charge in [0.2, 0.25) is 0 Å². The molecular weight excluding hydrogens is 444 g/mol. The van der Waals surface area contributed by atoms with E-state index in [0.717, 1.165) is 18.1 Å². The fraction of sp³-hybridized carbons (Fsp3) is 0.190. The Hall–Kier alpha value is -3.17. The first-order chi connectivity index (χ1) is 14.7. The first-order valence-corrected chi connectivity index (χ1v) is 11.4. The van der Waals surface area contributed by atoms with Gasteiger partial charge in [-0.2, -0.15) is 4.98 Å². The minimum Gasteiger partial charge on any atom is -0.463 e. The second kappa shape index (κ2) is 9.76. The molecule has 1 N–H and O–H groups in total. The maximum Gasteiger partial charge on any atom is 0.310 e. The van der Waals surface area contributed by atoms with Crippen molar-refractivity contribution in [3.05, 3.63) is 83.0 Å². The highest BCUT2D eigenvalue weighted by molar-refractivity contribution is 7.90. The van der Waals surface area contributed by atoms with E-state index < -0.39 is 27.8 Å². The topological polar surface area (TPSA) is 116 Å². The molecule has 1 amide bonds. The third kappa shape index (κ3) is 6.40. The van der Waals surface area contributed by atoms with Gasteiger partial charge < -0.3 is 14.5 Å². The molecule has 1 atom stereocenters. The van der Waals surface area contributed by atoms with E-state index >= 15 is 0 Å². The summed E-state index contributed by atoms with van der Waals surface area (Å²) in [6, 6.07) is 14.4. The van der Waals surface area contributed by atoms with Crippen LogP contribution in [-0.2, 0) is 25.8 Å². The maximum absolute atomic E-state index is 12.4. The predicted octanol–water partition coefficient (Wildman–Crippen LogP) is 2.99. The first kappa shape index (κ1) is 22.5. The van der Waals surface area contributed by atoms with Crippen molar-refractivity contribution in [2.45, 2.75) is 17.4 Å². The minimum absolute atomic E-state index is 0.00299. The number of nitrogens with zero attached hydrogens (tertiary/aromatic N) is 1. The summed E-state index contributed by atoms with van der Waals surface area (Å²) < 4.78 is 33.3. The van der Waals surface area contributed by atoms with E-state index in [1.165, 1.54) is 12.1 Å². The molecule has 10 heteroatoms. The van der Waals surface area contributed by atoms with Crippen LogP contribution >= 0.6 is 11.6 Å². The maximum atomic E-state index is 12.4. The van der Waals surface area contributed by atoms with Gasteiger partial charge in [0.05, 0.1) is 17.4 Å². The Balaban J connectivity index is 1.64. The molecule has 3 aromatic rings. The molecule has 1 aromatic heterocycles. The van der Waals surface area contributed by atoms with Crippen LogP contribution < -0.4 is 5.32 Å². The lowest BCUT2D eigenvalue weighted by atomic mass is 10.1. The van der Waals surface area contributed by atoms with Crippen LogP contribution in [0, 0.1) is 0 Å². The molecule has 0 fully saturated rings. The van der Waals surface area contributed by atoms with E-state index in [1.54, 1.807) is 36.4 Å². The molecule has 1 heterocycles. The number of carbonyl (C=O) groups is 2. The highest BCUT2D eigenvalue weighted by atomic mass is 35.5. The fourth-order valence-electron chi connectivity index (χ4n) is 2.74. The number of esters is 1. The first-order valence-electron chi connectivity index (χ1n) is 9.14. The number of rotatable bonds is 8. The number of oxazole rings is 1. The summed E-state index contributed by atoms with van der Waals surface area (Å²) in [4.78, 5) is 28.6. The van der Waals surface area contributed by atoms with E-state index in [2.05, 4.69) is 10.3 Å². The van der Waals surface area contributed by atoms with Gasteiger partial charge in [0.1, 0.15) is 12.9 Å². The van der Waals surface area contributed by atoms with Crippen LogP contribution in [-0.4, -0.2) is 38.1 Å². The molecule has 31 heavy (non-hydrogen) atoms. The molecular formula is C21H19ClN2O6S. The van der Waals surface area contributed by atoms with Gasteiger partial charge in [-0.15, -0.1) is 0 Å². The van der Waals surface area contributed by atoms with Gasteiger partial charge in [0, 0.05) is 6.26 Å². The van der Waals surface area contributed by atoms with Crippen LogP contribution in [0.3, 0.4) is 0 Å². The molecule has 0 radical (unpaired) electrons. The fourth-order valence-corrected chi connectivity index (χ4v) is 3.51. The van der Waals surface area contributed by atoms with Gasteiger partial charge in [-0.3, -0.25) is 9.59 Å². The van der Waals surface area contributed by atoms with Crippen molar-refractivity contribution in [1.29, 1.82) is 0 Å². The second-order valence-electron chi connectivity index (χ2n) is 6.70. The Kier molecular flexibility index (Phi) is 7.09. The van der Waals surface area contributed by atoms with Gasteiger partial charge in [0.15, 0.2) is 15.5 Å². The van der Waals surface area contributed by atoms with E-state index in [1.807, 2.05) is 6.07 Å². The van der Waals surface area contributed by atoms with Crippen molar-refractivity contribution in [3.63, 3.8) is 0 Å². The Labute approximate surface area is 184 Å². The number of benzene rings is 2. The van der Waals surface area contributed by atoms with Gasteiger partial charge >= 0.3 is 5.97 Å². The summed E-state index contributed by atoms with van der Waals surface area (Å²) in [5.41, 5.74) is 1.34. The van der Waals surface area contributed by atoms with Gasteiger partial charge in [-0.05, 0) is 34.9 Å². The average Bonchev–Trinajstić information content (AvgIpc) is 3.18. The Morgan fingerprint density at radius 2 is 1.81 bits per heavy atom. The van der Waals surface area contributed by atoms with E-state index in [0.29, 0.717) is 5.56 Å². The lowest BCUT2D eigenvalue weighted by molar-refractivity contribution is -0.143. The minimum atomic E-state index is -3.31. The zero-order valence-corrected chi connectivity index (χ0v) is 18.0. The highest BCUT2D eigenvalue weighted by Gasteiger charge is 2.20. The third-order valence-corrected chi connectivity index (χ3v) is 5.63. The molecule has 8 nitrogen and oxygen atoms in total. The summed E-state index contributed by atoms with van der Waals surface area (Å²) in [6.07, 6.45) is 2.20. The number of hydrogen-bond donors (Lipinski definition) is 1. The van der Waals surface area contributed by atoms with E-state index in [4.69, 9.17) is 20.8 Å². The summed E-state index contributed by atoms with van der Waals surface area (Å²) in [7, 11) is -3.31. The number of amides is 1. The standard InChI is InChI=1S/C21H19ClN2O6S/c1-31(27,28)16-9-7-14(8-10-16)11-19(25)29-12-17(15-5-3-2-4-6-15)23-20(26)18-13-30-21(22)24-18/h2-10,13,17H,11-12H2,1H3,(H,23,26)/t17-/m0/s1. The molecule has 2 aromatic carbocycles. The molecule has 0 saturated carbocycles. The highest BCUT2D eigenvalue weighted by Crippen LogP contribution is 2.16. The molecule has 0 bridgehead atoms. The zero-order chi connectivity index (χ0) is 22.4. The quantitative estimate of drug-likeness (QED) is 0.511. The van der Waals surface area contributed by atoms with Gasteiger partial charge in [-0.1, -0.05) is 42.5 Å². The van der Waals surface area contributed by atoms with Crippen LogP contribution in [0.4, 0.5) is 0 Å². The van der Waals surface area contributed by atoms with Crippen LogP contribution in [0.15, 0.2) is 70.2 Å². The number of carbonyl (C=O) groups excluding carboxylic acids is 2. The number of nitrogens with one attached hydrogen (secondary N) is 1. The second-order valence-corrected chi connectivity index (χ2v) is 9.04. The average molecular weight is 463 g/mol. The van der Waals surface area contributed by atoms with Crippen molar-refractivity contribution >= 4 is 33.3 Å². The molecule has 3 rings (SSSR count). The Morgan fingerprint density at radius 3 is 2.39 bits per heavy atom. The molecule has 0 aliphatic rings. The van der Waals surface area contributed by atoms with Crippen LogP contribution in [0.25, 0.3) is 0 Å². The molecule has 0 unspecified atom stereocenters. The summed E-state index contributed by atoms with van der Waals surface area (Å²) in [5.74, 6) is -1.05. The number of sulfone groups is 1. The smallest absolute Gasteiger partial charge is 0.310 e. The monoisotopic (exact) mass is 462 g/mol. The lowest BCUT2D eigenvalue weighted by Crippen LogP contribution is -2.32. The van der Waals surface area contributed by atoms with Crippen molar-refractivity contribution in [2.24, 2.45) is 0 Å². The SMILES string of the molecule is CS(=O)(=O)c1ccc(CC(=O)OC[C@H](NC(=O)c2coc(Cl)n2)c2ccccc2)cc1. The normalized spacial score (nSPS) is 12.2. The van der Waals surface area contributed by atoms with Crippen LogP contribution in [0.5, 0.6) is 0 Å². The van der Waals surface area contributed by atoms with Crippen molar-refractivity contribution in [2.75, 3.05) is 12.9 Å². The van der Waals surface area contributed by atoms with Crippen molar-refractivity contribution in [3.8, 4) is 0 Å².